The summed E-state index contributed by atoms with van der Waals surface area (Å²) in [7, 11) is 0. The van der Waals surface area contributed by atoms with E-state index in [4.69, 9.17) is 5.73 Å². The number of hydrogen-bond donors (Lipinski definition) is 1. The molecule has 0 spiro atoms. The van der Waals surface area contributed by atoms with Crippen LogP contribution in [-0.2, 0) is 0 Å². The van der Waals surface area contributed by atoms with Gasteiger partial charge in [-0.1, -0.05) is 0 Å². The van der Waals surface area contributed by atoms with Crippen LogP contribution >= 0.6 is 0 Å². The Morgan fingerprint density at radius 3 is 2.50 bits per heavy atom. The molecular weight excluding hydrogens is 172 g/mol. The molecule has 0 radical (unpaired) electrons. The van der Waals surface area contributed by atoms with Gasteiger partial charge >= 0.3 is 16.8 Å². The highest BCUT2D eigenvalue weighted by Crippen LogP contribution is 2.07. The van der Waals surface area contributed by atoms with Crippen LogP contribution in [0, 0.1) is 20.5 Å². The Labute approximate surface area is 64.1 Å². The third-order valence-electron chi connectivity index (χ3n) is 0.934. The molecule has 1 aromatic heterocycles. The molecule has 0 saturated carbocycles. The van der Waals surface area contributed by atoms with Crippen LogP contribution in [0.4, 0.5) is 11.6 Å². The topological polar surface area (TPSA) is 149 Å². The van der Waals surface area contributed by atoms with Crippen molar-refractivity contribution in [3.63, 3.8) is 0 Å². The fourth-order valence-electron chi connectivity index (χ4n) is 0.530. The number of rotatable bonds is 1. The van der Waals surface area contributed by atoms with E-state index >= 15 is 0 Å². The van der Waals surface area contributed by atoms with Crippen molar-refractivity contribution in [2.75, 3.05) is 5.73 Å². The lowest BCUT2D eigenvalue weighted by Crippen LogP contribution is -2.51. The smallest absolute Gasteiger partial charge is 0.585 e. The summed E-state index contributed by atoms with van der Waals surface area (Å²) in [5.74, 6) is -1.85. The molecule has 1 aromatic rings. The van der Waals surface area contributed by atoms with E-state index in [-0.39, 0.29) is 0 Å². The van der Waals surface area contributed by atoms with Crippen LogP contribution in [0.25, 0.3) is 0 Å². The number of aromatic nitrogens is 4. The molecule has 1 rings (SSSR count). The average molecular weight is 174 g/mol. The predicted molar refractivity (Wildman–Crippen MR) is 31.0 cm³/mol. The quantitative estimate of drug-likeness (QED) is 0.209. The third-order valence-corrected chi connectivity index (χ3v) is 0.934. The maximum atomic E-state index is 10.5. The predicted octanol–water partition coefficient (Wildman–Crippen LogP) is -2.77. The first-order chi connectivity index (χ1) is 5.52. The van der Waals surface area contributed by atoms with Crippen molar-refractivity contribution in [2.45, 2.75) is 0 Å². The second-order valence-electron chi connectivity index (χ2n) is 1.68. The minimum atomic E-state index is -1.08. The van der Waals surface area contributed by atoms with Gasteiger partial charge in [0.25, 0.3) is 0 Å². The molecule has 0 fully saturated rings. The van der Waals surface area contributed by atoms with Gasteiger partial charge in [-0.3, -0.25) is 10.1 Å². The molecule has 0 aliphatic carbocycles. The van der Waals surface area contributed by atoms with Gasteiger partial charge in [-0.25, -0.2) is 0 Å². The van der Waals surface area contributed by atoms with E-state index in [0.717, 1.165) is 0 Å². The molecule has 0 aliphatic heterocycles. The van der Waals surface area contributed by atoms with Gasteiger partial charge in [0.2, 0.25) is 0 Å². The molecule has 10 heteroatoms. The summed E-state index contributed by atoms with van der Waals surface area (Å²) in [6.45, 7) is 0. The van der Waals surface area contributed by atoms with Gasteiger partial charge < -0.3 is 16.1 Å². The minimum Gasteiger partial charge on any atom is -0.585 e. The maximum absolute atomic E-state index is 10.5. The van der Waals surface area contributed by atoms with Crippen LogP contribution in [0.1, 0.15) is 0 Å². The molecule has 0 unspecified atom stereocenters. The van der Waals surface area contributed by atoms with Crippen LogP contribution in [0.15, 0.2) is 0 Å². The van der Waals surface area contributed by atoms with E-state index in [1.54, 1.807) is 0 Å². The summed E-state index contributed by atoms with van der Waals surface area (Å²) in [4.78, 5) is 8.07. The molecule has 0 aliphatic rings. The maximum Gasteiger partial charge on any atom is 0.592 e. The first-order valence-corrected chi connectivity index (χ1v) is 2.54. The van der Waals surface area contributed by atoms with Crippen molar-refractivity contribution in [1.82, 2.24) is 10.3 Å². The zero-order chi connectivity index (χ0) is 9.30. The van der Waals surface area contributed by atoms with Crippen molar-refractivity contribution in [2.24, 2.45) is 0 Å². The number of nitrogens with zero attached hydrogens (tertiary/aromatic N) is 5. The highest BCUT2D eigenvalue weighted by atomic mass is 16.6. The standard InChI is InChI=1S/C2H2N6O4/c3-1-2(7(10)11)6(9)5-8(12)4-1/h(H2,3,4,5). The van der Waals surface area contributed by atoms with Gasteiger partial charge in [-0.2, -0.15) is 0 Å². The van der Waals surface area contributed by atoms with E-state index in [0.29, 0.717) is 0 Å². The monoisotopic (exact) mass is 174 g/mol. The van der Waals surface area contributed by atoms with Crippen molar-refractivity contribution >= 4 is 11.6 Å². The summed E-state index contributed by atoms with van der Waals surface area (Å²) < 4.78 is 0. The van der Waals surface area contributed by atoms with Gasteiger partial charge in [0.1, 0.15) is 9.88 Å². The fourth-order valence-corrected chi connectivity index (χ4v) is 0.530. The molecule has 0 bridgehead atoms. The fraction of sp³-hybridized carbons (Fsp3) is 0. The van der Waals surface area contributed by atoms with E-state index < -0.39 is 26.4 Å². The van der Waals surface area contributed by atoms with Crippen molar-refractivity contribution in [3.05, 3.63) is 20.5 Å². The van der Waals surface area contributed by atoms with Crippen LogP contribution in [-0.4, -0.2) is 15.2 Å². The summed E-state index contributed by atoms with van der Waals surface area (Å²) in [5, 5.41) is 36.2. The normalized spacial score (nSPS) is 9.67. The lowest BCUT2D eigenvalue weighted by atomic mass is 10.7. The van der Waals surface area contributed by atoms with Gasteiger partial charge in [-0.15, -0.1) is 0 Å². The number of anilines is 1. The number of nitro groups is 1. The zero-order valence-corrected chi connectivity index (χ0v) is 5.45. The van der Waals surface area contributed by atoms with Gasteiger partial charge in [0, 0.05) is 0 Å². The van der Waals surface area contributed by atoms with Gasteiger partial charge in [-0.05, 0) is 0 Å². The van der Waals surface area contributed by atoms with Crippen LogP contribution in [0.3, 0.4) is 0 Å². The molecule has 0 atom stereocenters. The van der Waals surface area contributed by atoms with Crippen molar-refractivity contribution in [1.29, 1.82) is 0 Å². The summed E-state index contributed by atoms with van der Waals surface area (Å²) in [6.07, 6.45) is 0. The van der Waals surface area contributed by atoms with E-state index in [9.17, 15) is 20.5 Å². The Balaban J connectivity index is 3.38. The summed E-state index contributed by atoms with van der Waals surface area (Å²) in [5.41, 5.74) is 4.89. The molecular formula is C2H2N6O4. The first kappa shape index (κ1) is 7.84. The van der Waals surface area contributed by atoms with Crippen LogP contribution in [0.2, 0.25) is 0 Å². The summed E-state index contributed by atoms with van der Waals surface area (Å²) in [6, 6.07) is 0. The largest absolute Gasteiger partial charge is 0.592 e. The van der Waals surface area contributed by atoms with Gasteiger partial charge in [0.15, 0.2) is 0 Å². The lowest BCUT2D eigenvalue weighted by molar-refractivity contribution is -0.884. The minimum absolute atomic E-state index is 0.407. The molecule has 0 aromatic carbocycles. The molecule has 0 amide bonds. The number of hydrogen-bond acceptors (Lipinski definition) is 7. The Kier molecular flexibility index (Phi) is 1.58. The lowest BCUT2D eigenvalue weighted by Gasteiger charge is -1.92. The number of nitrogens with two attached hydrogens (primary N) is 1. The summed E-state index contributed by atoms with van der Waals surface area (Å²) >= 11 is 0. The molecule has 1 heterocycles. The Bertz CT molecular complexity index is 313. The number of nitrogen functional groups attached to an aromatic ring is 1. The SMILES string of the molecule is Nc1n[n+]([O-])n[n+]([O-])c1[N+](=O)[O-]. The second kappa shape index (κ2) is 2.41. The Morgan fingerprint density at radius 1 is 1.50 bits per heavy atom. The van der Waals surface area contributed by atoms with Crippen LogP contribution in [0.5, 0.6) is 0 Å². The Hall–Kier alpha value is -2.26. The molecule has 0 saturated heterocycles. The second-order valence-corrected chi connectivity index (χ2v) is 1.68. The zero-order valence-electron chi connectivity index (χ0n) is 5.45. The molecule has 12 heavy (non-hydrogen) atoms. The third kappa shape index (κ3) is 1.12. The van der Waals surface area contributed by atoms with Crippen molar-refractivity contribution < 1.29 is 14.7 Å². The van der Waals surface area contributed by atoms with Gasteiger partial charge in [0.05, 0.1) is 9.94 Å². The van der Waals surface area contributed by atoms with E-state index in [1.165, 1.54) is 0 Å². The highest BCUT2D eigenvalue weighted by molar-refractivity contribution is 5.39. The Morgan fingerprint density at radius 2 is 2.08 bits per heavy atom. The molecule has 64 valence electrons. The molecule has 2 N–H and O–H groups in total. The van der Waals surface area contributed by atoms with E-state index in [2.05, 4.69) is 10.3 Å². The van der Waals surface area contributed by atoms with E-state index in [1.807, 2.05) is 0 Å². The highest BCUT2D eigenvalue weighted by Gasteiger charge is 2.31. The molecule has 10 nitrogen and oxygen atoms in total. The van der Waals surface area contributed by atoms with Crippen LogP contribution < -0.4 is 15.5 Å². The average Bonchev–Trinajstić information content (AvgIpc) is 1.82. The first-order valence-electron chi connectivity index (χ1n) is 2.54. The van der Waals surface area contributed by atoms with Crippen molar-refractivity contribution in [3.8, 4) is 0 Å².